The lowest BCUT2D eigenvalue weighted by Gasteiger charge is -2.35. The smallest absolute Gasteiger partial charge is 0.276 e. The molecule has 0 aliphatic carbocycles. The molecule has 1 aromatic carbocycles. The van der Waals surface area contributed by atoms with E-state index in [0.717, 1.165) is 13.0 Å². The molecule has 0 saturated carbocycles. The van der Waals surface area contributed by atoms with E-state index >= 15 is 0 Å². The van der Waals surface area contributed by atoms with Crippen molar-refractivity contribution in [1.82, 2.24) is 10.2 Å². The number of hydrogen-bond donors (Lipinski definition) is 1. The Bertz CT molecular complexity index is 420. The molecule has 0 spiro atoms. The molecule has 1 atom stereocenters. The van der Waals surface area contributed by atoms with Gasteiger partial charge in [0.25, 0.3) is 5.92 Å². The van der Waals surface area contributed by atoms with Gasteiger partial charge in [0.2, 0.25) is 0 Å². The monoisotopic (exact) mass is 238 g/mol. The van der Waals surface area contributed by atoms with Gasteiger partial charge in [-0.15, -0.1) is 0 Å². The zero-order valence-corrected chi connectivity index (χ0v) is 9.63. The highest BCUT2D eigenvalue weighted by Gasteiger charge is 2.47. The Labute approximate surface area is 99.6 Å². The highest BCUT2D eigenvalue weighted by molar-refractivity contribution is 5.29. The number of nitrogens with zero attached hydrogens (tertiary/aromatic N) is 1. The third-order valence-electron chi connectivity index (χ3n) is 3.79. The summed E-state index contributed by atoms with van der Waals surface area (Å²) in [5, 5.41) is 2.79. The van der Waals surface area contributed by atoms with Gasteiger partial charge in [-0.05, 0) is 17.5 Å². The van der Waals surface area contributed by atoms with E-state index in [4.69, 9.17) is 0 Å². The second-order valence-corrected chi connectivity index (χ2v) is 4.90. The van der Waals surface area contributed by atoms with Gasteiger partial charge in [0.1, 0.15) is 0 Å². The van der Waals surface area contributed by atoms with Gasteiger partial charge in [0, 0.05) is 19.6 Å². The minimum atomic E-state index is -2.59. The van der Waals surface area contributed by atoms with E-state index in [2.05, 4.69) is 11.4 Å². The molecule has 4 heteroatoms. The van der Waals surface area contributed by atoms with Gasteiger partial charge in [-0.1, -0.05) is 24.3 Å². The Morgan fingerprint density at radius 3 is 2.71 bits per heavy atom. The highest BCUT2D eigenvalue weighted by Crippen LogP contribution is 2.30. The molecule has 2 aliphatic rings. The Morgan fingerprint density at radius 1 is 1.24 bits per heavy atom. The summed E-state index contributed by atoms with van der Waals surface area (Å²) in [5.41, 5.74) is 2.50. The fraction of sp³-hybridized carbons (Fsp3) is 0.538. The van der Waals surface area contributed by atoms with Gasteiger partial charge in [0.15, 0.2) is 0 Å². The highest BCUT2D eigenvalue weighted by atomic mass is 19.3. The van der Waals surface area contributed by atoms with E-state index in [0.29, 0.717) is 13.1 Å². The Morgan fingerprint density at radius 2 is 2.00 bits per heavy atom. The molecule has 3 rings (SSSR count). The number of benzene rings is 1. The normalized spacial score (nSPS) is 28.0. The Balaban J connectivity index is 1.80. The van der Waals surface area contributed by atoms with Crippen LogP contribution in [0.1, 0.15) is 11.1 Å². The molecule has 0 unspecified atom stereocenters. The molecule has 1 fully saturated rings. The number of hydrogen-bond acceptors (Lipinski definition) is 2. The maximum absolute atomic E-state index is 13.7. The average molecular weight is 238 g/mol. The van der Waals surface area contributed by atoms with Crippen molar-refractivity contribution < 1.29 is 8.78 Å². The van der Waals surface area contributed by atoms with E-state index < -0.39 is 12.0 Å². The van der Waals surface area contributed by atoms with Crippen molar-refractivity contribution in [2.24, 2.45) is 0 Å². The van der Waals surface area contributed by atoms with Crippen LogP contribution in [-0.2, 0) is 13.0 Å². The van der Waals surface area contributed by atoms with Crippen LogP contribution in [-0.4, -0.2) is 36.5 Å². The minimum absolute atomic E-state index is 0.185. The van der Waals surface area contributed by atoms with Crippen molar-refractivity contribution in [3.05, 3.63) is 35.4 Å². The lowest BCUT2D eigenvalue weighted by molar-refractivity contribution is -0.0520. The molecule has 1 saturated heterocycles. The summed E-state index contributed by atoms with van der Waals surface area (Å²) >= 11 is 0. The number of rotatable bonds is 1. The van der Waals surface area contributed by atoms with Gasteiger partial charge >= 0.3 is 0 Å². The van der Waals surface area contributed by atoms with Gasteiger partial charge in [-0.3, -0.25) is 4.90 Å². The van der Waals surface area contributed by atoms with Gasteiger partial charge < -0.3 is 5.32 Å². The molecule has 2 nitrogen and oxygen atoms in total. The maximum Gasteiger partial charge on any atom is 0.276 e. The first-order valence-electron chi connectivity index (χ1n) is 6.06. The van der Waals surface area contributed by atoms with E-state index in [1.165, 1.54) is 11.1 Å². The van der Waals surface area contributed by atoms with Crippen LogP contribution >= 0.6 is 0 Å². The standard InChI is InChI=1S/C13H16F2N2/c14-13(15)9-16-7-12(13)17-6-5-10-3-1-2-4-11(10)8-17/h1-4,12,16H,5-9H2/t12-/m0/s1. The molecule has 0 bridgehead atoms. The van der Waals surface area contributed by atoms with Crippen molar-refractivity contribution in [2.45, 2.75) is 24.9 Å². The van der Waals surface area contributed by atoms with Crippen LogP contribution in [0.15, 0.2) is 24.3 Å². The van der Waals surface area contributed by atoms with E-state index in [1.54, 1.807) is 0 Å². The molecule has 0 aromatic heterocycles. The van der Waals surface area contributed by atoms with Crippen LogP contribution in [0.2, 0.25) is 0 Å². The number of fused-ring (bicyclic) bond motifs is 1. The number of halogens is 2. The molecule has 1 N–H and O–H groups in total. The first-order chi connectivity index (χ1) is 8.17. The van der Waals surface area contributed by atoms with E-state index in [9.17, 15) is 8.78 Å². The van der Waals surface area contributed by atoms with Crippen molar-refractivity contribution in [2.75, 3.05) is 19.6 Å². The molecular weight excluding hydrogens is 222 g/mol. The van der Waals surface area contributed by atoms with Gasteiger partial charge in [0.05, 0.1) is 12.6 Å². The molecular formula is C13H16F2N2. The molecule has 0 amide bonds. The molecule has 2 heterocycles. The third-order valence-corrected chi connectivity index (χ3v) is 3.79. The quantitative estimate of drug-likeness (QED) is 0.800. The van der Waals surface area contributed by atoms with Crippen LogP contribution < -0.4 is 5.32 Å². The molecule has 92 valence electrons. The minimum Gasteiger partial charge on any atom is -0.309 e. The van der Waals surface area contributed by atoms with E-state index in [1.807, 2.05) is 23.1 Å². The summed E-state index contributed by atoms with van der Waals surface area (Å²) in [5.74, 6) is -2.59. The van der Waals surface area contributed by atoms with Crippen LogP contribution in [0, 0.1) is 0 Å². The molecule has 2 aliphatic heterocycles. The average Bonchev–Trinajstić information content (AvgIpc) is 2.68. The van der Waals surface area contributed by atoms with Crippen molar-refractivity contribution in [3.63, 3.8) is 0 Å². The van der Waals surface area contributed by atoms with Crippen molar-refractivity contribution in [3.8, 4) is 0 Å². The summed E-state index contributed by atoms with van der Waals surface area (Å²) in [6, 6.07) is 7.49. The third kappa shape index (κ3) is 1.96. The number of nitrogens with one attached hydrogen (secondary N) is 1. The summed E-state index contributed by atoms with van der Waals surface area (Å²) in [4.78, 5) is 1.92. The van der Waals surface area contributed by atoms with Crippen molar-refractivity contribution >= 4 is 0 Å². The molecule has 0 radical (unpaired) electrons. The van der Waals surface area contributed by atoms with Crippen molar-refractivity contribution in [1.29, 1.82) is 0 Å². The second-order valence-electron chi connectivity index (χ2n) is 4.90. The Kier molecular flexibility index (Phi) is 2.64. The first kappa shape index (κ1) is 11.1. The van der Waals surface area contributed by atoms with Crippen LogP contribution in [0.5, 0.6) is 0 Å². The largest absolute Gasteiger partial charge is 0.309 e. The topological polar surface area (TPSA) is 15.3 Å². The lowest BCUT2D eigenvalue weighted by Crippen LogP contribution is -2.48. The predicted octanol–water partition coefficient (Wildman–Crippen LogP) is 1.65. The zero-order chi connectivity index (χ0) is 11.9. The second kappa shape index (κ2) is 4.03. The summed E-state index contributed by atoms with van der Waals surface area (Å²) < 4.78 is 27.3. The first-order valence-corrected chi connectivity index (χ1v) is 6.06. The lowest BCUT2D eigenvalue weighted by atomic mass is 9.98. The van der Waals surface area contributed by atoms with Gasteiger partial charge in [-0.25, -0.2) is 8.78 Å². The van der Waals surface area contributed by atoms with Crippen LogP contribution in [0.25, 0.3) is 0 Å². The summed E-state index contributed by atoms with van der Waals surface area (Å²) in [6.45, 7) is 1.60. The molecule has 1 aromatic rings. The van der Waals surface area contributed by atoms with E-state index in [-0.39, 0.29) is 6.54 Å². The summed E-state index contributed by atoms with van der Waals surface area (Å²) in [7, 11) is 0. The number of alkyl halides is 2. The fourth-order valence-corrected chi connectivity index (χ4v) is 2.82. The predicted molar refractivity (Wildman–Crippen MR) is 62.2 cm³/mol. The maximum atomic E-state index is 13.7. The van der Waals surface area contributed by atoms with Crippen LogP contribution in [0.4, 0.5) is 8.78 Å². The zero-order valence-electron chi connectivity index (χ0n) is 9.63. The Hall–Kier alpha value is -1.00. The summed E-state index contributed by atoms with van der Waals surface area (Å²) in [6.07, 6.45) is 0.878. The SMILES string of the molecule is FC1(F)CNC[C@@H]1N1CCc2ccccc2C1. The van der Waals surface area contributed by atoms with Crippen LogP contribution in [0.3, 0.4) is 0 Å². The van der Waals surface area contributed by atoms with Gasteiger partial charge in [-0.2, -0.15) is 0 Å². The molecule has 17 heavy (non-hydrogen) atoms. The fourth-order valence-electron chi connectivity index (χ4n) is 2.82.